The molecule has 2 heterocycles. The van der Waals surface area contributed by atoms with Crippen molar-refractivity contribution < 1.29 is 9.32 Å². The molecule has 0 radical (unpaired) electrons. The average Bonchev–Trinajstić information content (AvgIpc) is 3.09. The lowest BCUT2D eigenvalue weighted by atomic mass is 10.1. The van der Waals surface area contributed by atoms with E-state index in [0.717, 1.165) is 55.2 Å². The van der Waals surface area contributed by atoms with Gasteiger partial charge in [0.15, 0.2) is 0 Å². The molecule has 0 bridgehead atoms. The second-order valence-electron chi connectivity index (χ2n) is 7.47. The summed E-state index contributed by atoms with van der Waals surface area (Å²) in [6.45, 7) is 5.61. The summed E-state index contributed by atoms with van der Waals surface area (Å²) in [5.74, 6) is 0.895. The number of piperidine rings is 1. The molecule has 1 aliphatic heterocycles. The van der Waals surface area contributed by atoms with Crippen molar-refractivity contribution >= 4 is 11.8 Å². The SMILES string of the molecule is CC(=O)N(CCN(C)C)Cc1c(-c2ccccc2)noc1N1CCCCC1. The van der Waals surface area contributed by atoms with Crippen LogP contribution in [0.4, 0.5) is 5.88 Å². The molecule has 0 aliphatic carbocycles. The van der Waals surface area contributed by atoms with Crippen molar-refractivity contribution in [3.05, 3.63) is 35.9 Å². The zero-order valence-electron chi connectivity index (χ0n) is 16.6. The largest absolute Gasteiger partial charge is 0.340 e. The molecule has 0 spiro atoms. The average molecular weight is 370 g/mol. The number of likely N-dealkylation sites (N-methyl/N-ethyl adjacent to an activating group) is 1. The molecule has 0 unspecified atom stereocenters. The highest BCUT2D eigenvalue weighted by Gasteiger charge is 2.26. The number of carbonyl (C=O) groups is 1. The van der Waals surface area contributed by atoms with Gasteiger partial charge in [-0.3, -0.25) is 4.79 Å². The van der Waals surface area contributed by atoms with Crippen molar-refractivity contribution in [3.8, 4) is 11.3 Å². The van der Waals surface area contributed by atoms with Gasteiger partial charge in [-0.25, -0.2) is 0 Å². The summed E-state index contributed by atoms with van der Waals surface area (Å²) < 4.78 is 5.82. The van der Waals surface area contributed by atoms with E-state index in [1.165, 1.54) is 6.42 Å². The predicted octanol–water partition coefficient (Wildman–Crippen LogP) is 3.24. The van der Waals surface area contributed by atoms with Gasteiger partial charge in [-0.05, 0) is 33.4 Å². The number of rotatable bonds is 7. The number of carbonyl (C=O) groups excluding carboxylic acids is 1. The van der Waals surface area contributed by atoms with E-state index in [2.05, 4.69) is 15.0 Å². The summed E-state index contributed by atoms with van der Waals surface area (Å²) in [5.41, 5.74) is 2.87. The van der Waals surface area contributed by atoms with Crippen molar-refractivity contribution in [1.82, 2.24) is 15.0 Å². The number of hydrogen-bond donors (Lipinski definition) is 0. The summed E-state index contributed by atoms with van der Waals surface area (Å²) in [4.78, 5) is 18.5. The second kappa shape index (κ2) is 9.04. The number of anilines is 1. The van der Waals surface area contributed by atoms with Gasteiger partial charge in [0, 0.05) is 38.7 Å². The van der Waals surface area contributed by atoms with E-state index in [4.69, 9.17) is 4.52 Å². The highest BCUT2D eigenvalue weighted by Crippen LogP contribution is 2.33. The molecule has 1 saturated heterocycles. The van der Waals surface area contributed by atoms with Crippen LogP contribution in [0.25, 0.3) is 11.3 Å². The minimum Gasteiger partial charge on any atom is -0.340 e. The molecule has 1 fully saturated rings. The van der Waals surface area contributed by atoms with Crippen LogP contribution in [0.1, 0.15) is 31.7 Å². The highest BCUT2D eigenvalue weighted by molar-refractivity contribution is 5.75. The van der Waals surface area contributed by atoms with Crippen molar-refractivity contribution in [2.45, 2.75) is 32.7 Å². The van der Waals surface area contributed by atoms with Crippen LogP contribution in [0.15, 0.2) is 34.9 Å². The zero-order chi connectivity index (χ0) is 19.2. The molecule has 1 amide bonds. The van der Waals surface area contributed by atoms with Gasteiger partial charge in [0.1, 0.15) is 5.69 Å². The minimum absolute atomic E-state index is 0.0710. The molecular weight excluding hydrogens is 340 g/mol. The van der Waals surface area contributed by atoms with E-state index in [1.807, 2.05) is 49.3 Å². The quantitative estimate of drug-likeness (QED) is 0.749. The number of aromatic nitrogens is 1. The summed E-state index contributed by atoms with van der Waals surface area (Å²) in [7, 11) is 4.04. The van der Waals surface area contributed by atoms with Crippen LogP contribution in [0.3, 0.4) is 0 Å². The first-order valence-corrected chi connectivity index (χ1v) is 9.75. The Morgan fingerprint density at radius 1 is 1.11 bits per heavy atom. The number of benzene rings is 1. The van der Waals surface area contributed by atoms with Crippen LogP contribution < -0.4 is 4.90 Å². The predicted molar refractivity (Wildman–Crippen MR) is 108 cm³/mol. The van der Waals surface area contributed by atoms with Crippen LogP contribution in [-0.2, 0) is 11.3 Å². The summed E-state index contributed by atoms with van der Waals surface area (Å²) in [6.07, 6.45) is 3.59. The topological polar surface area (TPSA) is 52.8 Å². The molecule has 6 heteroatoms. The van der Waals surface area contributed by atoms with E-state index in [0.29, 0.717) is 13.1 Å². The lowest BCUT2D eigenvalue weighted by molar-refractivity contribution is -0.129. The number of nitrogens with zero attached hydrogens (tertiary/aromatic N) is 4. The third-order valence-electron chi connectivity index (χ3n) is 5.07. The van der Waals surface area contributed by atoms with Crippen LogP contribution in [0, 0.1) is 0 Å². The molecule has 0 atom stereocenters. The lowest BCUT2D eigenvalue weighted by Gasteiger charge is -2.28. The highest BCUT2D eigenvalue weighted by atomic mass is 16.5. The molecule has 2 aromatic rings. The molecule has 27 heavy (non-hydrogen) atoms. The van der Waals surface area contributed by atoms with E-state index in [9.17, 15) is 4.79 Å². The second-order valence-corrected chi connectivity index (χ2v) is 7.47. The Morgan fingerprint density at radius 3 is 2.44 bits per heavy atom. The molecule has 146 valence electrons. The van der Waals surface area contributed by atoms with Crippen LogP contribution in [-0.4, -0.2) is 61.1 Å². The maximum Gasteiger partial charge on any atom is 0.232 e. The van der Waals surface area contributed by atoms with Gasteiger partial charge < -0.3 is 19.2 Å². The number of hydrogen-bond acceptors (Lipinski definition) is 5. The first kappa shape index (κ1) is 19.4. The Balaban J connectivity index is 1.93. The van der Waals surface area contributed by atoms with Crippen molar-refractivity contribution in [3.63, 3.8) is 0 Å². The van der Waals surface area contributed by atoms with Crippen LogP contribution >= 0.6 is 0 Å². The molecule has 0 saturated carbocycles. The molecule has 0 N–H and O–H groups in total. The Morgan fingerprint density at radius 2 is 1.81 bits per heavy atom. The molecule has 1 aromatic heterocycles. The molecule has 6 nitrogen and oxygen atoms in total. The Hall–Kier alpha value is -2.34. The summed E-state index contributed by atoms with van der Waals surface area (Å²) >= 11 is 0. The third kappa shape index (κ3) is 4.89. The smallest absolute Gasteiger partial charge is 0.232 e. The Labute approximate surface area is 161 Å². The normalized spacial score (nSPS) is 14.6. The van der Waals surface area contributed by atoms with Crippen molar-refractivity contribution in [2.24, 2.45) is 0 Å². The number of amides is 1. The Bertz CT molecular complexity index is 736. The molecule has 3 rings (SSSR count). The van der Waals surface area contributed by atoms with Gasteiger partial charge in [-0.1, -0.05) is 35.5 Å². The van der Waals surface area contributed by atoms with Crippen molar-refractivity contribution in [1.29, 1.82) is 0 Å². The fourth-order valence-electron chi connectivity index (χ4n) is 3.47. The van der Waals surface area contributed by atoms with E-state index in [1.54, 1.807) is 6.92 Å². The minimum atomic E-state index is 0.0710. The van der Waals surface area contributed by atoms with Gasteiger partial charge in [-0.2, -0.15) is 0 Å². The summed E-state index contributed by atoms with van der Waals surface area (Å²) in [6, 6.07) is 10.1. The van der Waals surface area contributed by atoms with Crippen LogP contribution in [0.2, 0.25) is 0 Å². The summed E-state index contributed by atoms with van der Waals surface area (Å²) in [5, 5.41) is 4.40. The van der Waals surface area contributed by atoms with Gasteiger partial charge in [0.2, 0.25) is 11.8 Å². The third-order valence-corrected chi connectivity index (χ3v) is 5.07. The van der Waals surface area contributed by atoms with E-state index < -0.39 is 0 Å². The molecular formula is C21H30N4O2. The maximum atomic E-state index is 12.3. The van der Waals surface area contributed by atoms with Gasteiger partial charge in [-0.15, -0.1) is 0 Å². The standard InChI is InChI=1S/C21H30N4O2/c1-17(26)25(15-14-23(2)3)16-19-20(18-10-6-4-7-11-18)22-27-21(19)24-12-8-5-9-13-24/h4,6-7,10-11H,5,8-9,12-16H2,1-3H3. The van der Waals surface area contributed by atoms with E-state index >= 15 is 0 Å². The van der Waals surface area contributed by atoms with Gasteiger partial charge >= 0.3 is 0 Å². The Kier molecular flexibility index (Phi) is 6.50. The fourth-order valence-corrected chi connectivity index (χ4v) is 3.47. The fraction of sp³-hybridized carbons (Fsp3) is 0.524. The lowest BCUT2D eigenvalue weighted by Crippen LogP contribution is -2.36. The van der Waals surface area contributed by atoms with Gasteiger partial charge in [0.05, 0.1) is 12.1 Å². The maximum absolute atomic E-state index is 12.3. The molecule has 1 aromatic carbocycles. The van der Waals surface area contributed by atoms with Gasteiger partial charge in [0.25, 0.3) is 0 Å². The van der Waals surface area contributed by atoms with Crippen LogP contribution in [0.5, 0.6) is 0 Å². The first-order chi connectivity index (χ1) is 13.1. The van der Waals surface area contributed by atoms with Crippen molar-refractivity contribution in [2.75, 3.05) is 45.2 Å². The first-order valence-electron chi connectivity index (χ1n) is 9.75. The zero-order valence-corrected chi connectivity index (χ0v) is 16.6. The van der Waals surface area contributed by atoms with E-state index in [-0.39, 0.29) is 5.91 Å². The monoisotopic (exact) mass is 370 g/mol. The molecule has 1 aliphatic rings.